The fourth-order valence-electron chi connectivity index (χ4n) is 3.12. The van der Waals surface area contributed by atoms with Gasteiger partial charge in [-0.25, -0.2) is 0 Å². The predicted molar refractivity (Wildman–Crippen MR) is 134 cm³/mol. The summed E-state index contributed by atoms with van der Waals surface area (Å²) in [5, 5.41) is 0. The van der Waals surface area contributed by atoms with Gasteiger partial charge in [0.1, 0.15) is 10.6 Å². The van der Waals surface area contributed by atoms with Crippen LogP contribution in [0.5, 0.6) is 11.5 Å². The second kappa shape index (κ2) is 9.38. The first-order chi connectivity index (χ1) is 15.8. The Morgan fingerprint density at radius 3 is 2.36 bits per heavy atom. The first kappa shape index (κ1) is 23.0. The van der Waals surface area contributed by atoms with E-state index in [0.29, 0.717) is 26.2 Å². The highest BCUT2D eigenvalue weighted by atomic mass is 32.2. The van der Waals surface area contributed by atoms with Crippen molar-refractivity contribution in [2.45, 2.75) is 11.8 Å². The number of ether oxygens (including phenoxy) is 1. The number of benzene rings is 3. The summed E-state index contributed by atoms with van der Waals surface area (Å²) < 4.78 is 36.8. The number of carbonyl (C=O) groups is 1. The highest BCUT2D eigenvalue weighted by Gasteiger charge is 2.33. The van der Waals surface area contributed by atoms with Gasteiger partial charge >= 0.3 is 10.1 Å². The van der Waals surface area contributed by atoms with Crippen molar-refractivity contribution in [1.29, 1.82) is 0 Å². The summed E-state index contributed by atoms with van der Waals surface area (Å²) in [6, 6.07) is 20.1. The third kappa shape index (κ3) is 4.95. The van der Waals surface area contributed by atoms with E-state index in [1.807, 2.05) is 25.1 Å². The number of nitrogens with zero attached hydrogens (tertiary/aromatic N) is 1. The van der Waals surface area contributed by atoms with Crippen LogP contribution in [-0.4, -0.2) is 25.8 Å². The Bertz CT molecular complexity index is 1350. The Balaban J connectivity index is 1.71. The molecule has 1 heterocycles. The number of rotatable bonds is 6. The van der Waals surface area contributed by atoms with Crippen LogP contribution < -0.4 is 13.8 Å². The Labute approximate surface area is 202 Å². The lowest BCUT2D eigenvalue weighted by Crippen LogP contribution is -2.27. The van der Waals surface area contributed by atoms with Crippen LogP contribution in [0.1, 0.15) is 11.1 Å². The SMILES string of the molecule is COc1ccc(OS(=O)(=O)c2ccc(C)cc2)c(/C=C2/SC(=S)N(c3ccccc3)C2=O)c1. The maximum absolute atomic E-state index is 13.1. The van der Waals surface area contributed by atoms with Crippen molar-refractivity contribution >= 4 is 56.1 Å². The van der Waals surface area contributed by atoms with Gasteiger partial charge in [0.15, 0.2) is 10.1 Å². The quantitative estimate of drug-likeness (QED) is 0.264. The van der Waals surface area contributed by atoms with E-state index in [2.05, 4.69) is 0 Å². The zero-order valence-electron chi connectivity index (χ0n) is 17.7. The van der Waals surface area contributed by atoms with Gasteiger partial charge in [-0.3, -0.25) is 9.69 Å². The molecule has 0 unspecified atom stereocenters. The number of aryl methyl sites for hydroxylation is 1. The molecule has 9 heteroatoms. The summed E-state index contributed by atoms with van der Waals surface area (Å²) in [6.07, 6.45) is 1.56. The Morgan fingerprint density at radius 2 is 1.70 bits per heavy atom. The summed E-state index contributed by atoms with van der Waals surface area (Å²) in [7, 11) is -2.58. The molecule has 1 fully saturated rings. The van der Waals surface area contributed by atoms with Crippen LogP contribution in [0.2, 0.25) is 0 Å². The van der Waals surface area contributed by atoms with E-state index in [0.717, 1.165) is 17.3 Å². The van der Waals surface area contributed by atoms with Gasteiger partial charge in [-0.15, -0.1) is 0 Å². The molecule has 4 rings (SSSR count). The Morgan fingerprint density at radius 1 is 1.00 bits per heavy atom. The van der Waals surface area contributed by atoms with Gasteiger partial charge < -0.3 is 8.92 Å². The minimum atomic E-state index is -4.08. The Hall–Kier alpha value is -3.14. The lowest BCUT2D eigenvalue weighted by Gasteiger charge is -2.14. The van der Waals surface area contributed by atoms with Gasteiger partial charge in [-0.1, -0.05) is 59.9 Å². The van der Waals surface area contributed by atoms with Gasteiger partial charge in [0, 0.05) is 5.56 Å². The smallest absolute Gasteiger partial charge is 0.339 e. The molecule has 3 aromatic carbocycles. The molecule has 0 spiro atoms. The second-order valence-electron chi connectivity index (χ2n) is 7.11. The molecule has 0 bridgehead atoms. The number of thiocarbonyl (C=S) groups is 1. The summed E-state index contributed by atoms with van der Waals surface area (Å²) in [5.74, 6) is 0.257. The number of carbonyl (C=O) groups excluding carboxylic acids is 1. The van der Waals surface area contributed by atoms with Gasteiger partial charge in [0.2, 0.25) is 0 Å². The summed E-state index contributed by atoms with van der Waals surface area (Å²) in [4.78, 5) is 14.9. The molecule has 1 amide bonds. The molecule has 1 saturated heterocycles. The normalized spacial score (nSPS) is 15.2. The zero-order chi connectivity index (χ0) is 23.6. The first-order valence-electron chi connectivity index (χ1n) is 9.81. The highest BCUT2D eigenvalue weighted by Crippen LogP contribution is 2.38. The van der Waals surface area contributed by atoms with Gasteiger partial charge in [0.25, 0.3) is 5.91 Å². The number of para-hydroxylation sites is 1. The molecule has 1 aliphatic rings. The molecule has 6 nitrogen and oxygen atoms in total. The largest absolute Gasteiger partial charge is 0.497 e. The topological polar surface area (TPSA) is 72.9 Å². The third-order valence-corrected chi connectivity index (χ3v) is 7.37. The monoisotopic (exact) mass is 497 g/mol. The minimum absolute atomic E-state index is 0.0327. The van der Waals surface area contributed by atoms with Gasteiger partial charge in [0.05, 0.1) is 17.7 Å². The number of thioether (sulfide) groups is 1. The summed E-state index contributed by atoms with van der Waals surface area (Å²) >= 11 is 6.54. The summed E-state index contributed by atoms with van der Waals surface area (Å²) in [5.41, 5.74) is 1.96. The lowest BCUT2D eigenvalue weighted by atomic mass is 10.1. The number of methoxy groups -OCH3 is 1. The van der Waals surface area contributed by atoms with Crippen LogP contribution >= 0.6 is 24.0 Å². The molecule has 0 radical (unpaired) electrons. The molecule has 0 aliphatic carbocycles. The first-order valence-corrected chi connectivity index (χ1v) is 12.4. The maximum atomic E-state index is 13.1. The van der Waals surface area contributed by atoms with Crippen LogP contribution in [0.4, 0.5) is 5.69 Å². The lowest BCUT2D eigenvalue weighted by molar-refractivity contribution is -0.113. The zero-order valence-corrected chi connectivity index (χ0v) is 20.2. The van der Waals surface area contributed by atoms with Crippen molar-refractivity contribution in [3.8, 4) is 11.5 Å². The van der Waals surface area contributed by atoms with Crippen LogP contribution in [0.15, 0.2) is 82.6 Å². The average molecular weight is 498 g/mol. The van der Waals surface area contributed by atoms with Crippen LogP contribution in [0.25, 0.3) is 6.08 Å². The van der Waals surface area contributed by atoms with Crippen molar-refractivity contribution in [3.63, 3.8) is 0 Å². The van der Waals surface area contributed by atoms with Crippen LogP contribution in [-0.2, 0) is 14.9 Å². The molecular weight excluding hydrogens is 478 g/mol. The number of hydrogen-bond acceptors (Lipinski definition) is 7. The second-order valence-corrected chi connectivity index (χ2v) is 10.3. The maximum Gasteiger partial charge on any atom is 0.339 e. The van der Waals surface area contributed by atoms with Crippen molar-refractivity contribution < 1.29 is 22.1 Å². The molecular formula is C24H19NO5S3. The predicted octanol–water partition coefficient (Wildman–Crippen LogP) is 5.18. The number of amides is 1. The minimum Gasteiger partial charge on any atom is -0.497 e. The number of anilines is 1. The molecule has 0 aromatic heterocycles. The average Bonchev–Trinajstić information content (AvgIpc) is 3.08. The van der Waals surface area contributed by atoms with Crippen molar-refractivity contribution in [3.05, 3.63) is 88.8 Å². The molecule has 3 aromatic rings. The number of hydrogen-bond donors (Lipinski definition) is 0. The van der Waals surface area contributed by atoms with Crippen LogP contribution in [0, 0.1) is 6.92 Å². The van der Waals surface area contributed by atoms with E-state index in [4.69, 9.17) is 21.1 Å². The van der Waals surface area contributed by atoms with E-state index in [-0.39, 0.29) is 16.6 Å². The molecule has 0 saturated carbocycles. The van der Waals surface area contributed by atoms with E-state index in [1.54, 1.807) is 42.5 Å². The third-order valence-electron chi connectivity index (χ3n) is 4.82. The molecule has 33 heavy (non-hydrogen) atoms. The van der Waals surface area contributed by atoms with Gasteiger partial charge in [-0.05, 0) is 55.5 Å². The van der Waals surface area contributed by atoms with Gasteiger partial charge in [-0.2, -0.15) is 8.42 Å². The molecule has 168 valence electrons. The highest BCUT2D eigenvalue weighted by molar-refractivity contribution is 8.27. The fourth-order valence-corrected chi connectivity index (χ4v) is 5.37. The van der Waals surface area contributed by atoms with E-state index in [1.165, 1.54) is 30.2 Å². The van der Waals surface area contributed by atoms with E-state index < -0.39 is 10.1 Å². The van der Waals surface area contributed by atoms with E-state index >= 15 is 0 Å². The summed E-state index contributed by atoms with van der Waals surface area (Å²) in [6.45, 7) is 1.87. The van der Waals surface area contributed by atoms with Crippen molar-refractivity contribution in [2.24, 2.45) is 0 Å². The standard InChI is InChI=1S/C24H19NO5S3/c1-16-8-11-20(12-9-16)33(27,28)30-21-13-10-19(29-2)14-17(21)15-22-23(26)25(24(31)32-22)18-6-4-3-5-7-18/h3-15H,1-2H3/b22-15+. The fraction of sp³-hybridized carbons (Fsp3) is 0.0833. The molecule has 0 atom stereocenters. The Kier molecular flexibility index (Phi) is 6.55. The van der Waals surface area contributed by atoms with Crippen LogP contribution in [0.3, 0.4) is 0 Å². The molecule has 1 aliphatic heterocycles. The van der Waals surface area contributed by atoms with Crippen molar-refractivity contribution in [2.75, 3.05) is 12.0 Å². The molecule has 0 N–H and O–H groups in total. The van der Waals surface area contributed by atoms with E-state index in [9.17, 15) is 13.2 Å². The van der Waals surface area contributed by atoms with Crippen molar-refractivity contribution in [1.82, 2.24) is 0 Å².